The summed E-state index contributed by atoms with van der Waals surface area (Å²) < 4.78 is 19.0. The number of carbonyl (C=O) groups is 2. The molecule has 1 aromatic heterocycles. The number of aryl methyl sites for hydroxylation is 1. The second-order valence-electron chi connectivity index (χ2n) is 7.49. The Kier molecular flexibility index (Phi) is 6.44. The first-order valence-electron chi connectivity index (χ1n) is 10.0. The highest BCUT2D eigenvalue weighted by molar-refractivity contribution is 6.43. The summed E-state index contributed by atoms with van der Waals surface area (Å²) in [6.07, 6.45) is -0.194. The standard InChI is InChI=1S/C24H21Cl2NO5/c1-14-10-18(20(28)13-31-24(29)17-6-5-7-19(25)23(17)26)15(2)27(14)11-16-12-30-21-8-3-4-9-22(21)32-16/h3-10,16H,11-13H2,1-2H3. The van der Waals surface area contributed by atoms with E-state index in [4.69, 9.17) is 37.4 Å². The quantitative estimate of drug-likeness (QED) is 0.359. The molecule has 8 heteroatoms. The van der Waals surface area contributed by atoms with Crippen LogP contribution in [0.1, 0.15) is 32.1 Å². The summed E-state index contributed by atoms with van der Waals surface area (Å²) in [6.45, 7) is 4.31. The maximum atomic E-state index is 12.8. The molecule has 6 nitrogen and oxygen atoms in total. The fourth-order valence-electron chi connectivity index (χ4n) is 3.67. The Labute approximate surface area is 195 Å². The van der Waals surface area contributed by atoms with Gasteiger partial charge in [0.2, 0.25) is 5.78 Å². The topological polar surface area (TPSA) is 66.8 Å². The van der Waals surface area contributed by atoms with Gasteiger partial charge in [0.1, 0.15) is 6.61 Å². The van der Waals surface area contributed by atoms with Gasteiger partial charge in [-0.05, 0) is 44.2 Å². The van der Waals surface area contributed by atoms with Crippen LogP contribution in [0.25, 0.3) is 0 Å². The molecule has 0 fully saturated rings. The van der Waals surface area contributed by atoms with Crippen LogP contribution in [-0.2, 0) is 11.3 Å². The van der Waals surface area contributed by atoms with E-state index in [0.717, 1.165) is 17.1 Å². The number of aromatic nitrogens is 1. The summed E-state index contributed by atoms with van der Waals surface area (Å²) >= 11 is 12.0. The van der Waals surface area contributed by atoms with Crippen LogP contribution in [0.3, 0.4) is 0 Å². The number of ether oxygens (including phenoxy) is 3. The molecule has 0 amide bonds. The molecule has 2 heterocycles. The van der Waals surface area contributed by atoms with Crippen LogP contribution in [0.4, 0.5) is 0 Å². The number of hydrogen-bond acceptors (Lipinski definition) is 5. The molecule has 4 rings (SSSR count). The number of fused-ring (bicyclic) bond motifs is 1. The Morgan fingerprint density at radius 3 is 2.59 bits per heavy atom. The van der Waals surface area contributed by atoms with E-state index in [1.165, 1.54) is 6.07 Å². The van der Waals surface area contributed by atoms with Gasteiger partial charge >= 0.3 is 5.97 Å². The monoisotopic (exact) mass is 473 g/mol. The molecule has 1 atom stereocenters. The highest BCUT2D eigenvalue weighted by Gasteiger charge is 2.24. The second kappa shape index (κ2) is 9.27. The van der Waals surface area contributed by atoms with Gasteiger partial charge < -0.3 is 18.8 Å². The number of rotatable bonds is 6. The van der Waals surface area contributed by atoms with Crippen molar-refractivity contribution in [3.8, 4) is 11.5 Å². The van der Waals surface area contributed by atoms with Crippen LogP contribution in [0.15, 0.2) is 48.5 Å². The van der Waals surface area contributed by atoms with Crippen molar-refractivity contribution >= 4 is 35.0 Å². The molecule has 166 valence electrons. The molecule has 0 saturated carbocycles. The predicted octanol–water partition coefficient (Wildman–Crippen LogP) is 5.29. The van der Waals surface area contributed by atoms with Crippen molar-refractivity contribution in [2.75, 3.05) is 13.2 Å². The second-order valence-corrected chi connectivity index (χ2v) is 8.28. The molecule has 1 aliphatic rings. The number of ketones is 1. The number of nitrogens with zero attached hydrogens (tertiary/aromatic N) is 1. The number of esters is 1. The van der Waals surface area contributed by atoms with E-state index in [0.29, 0.717) is 24.5 Å². The lowest BCUT2D eigenvalue weighted by molar-refractivity contribution is 0.0474. The third kappa shape index (κ3) is 4.47. The lowest BCUT2D eigenvalue weighted by Crippen LogP contribution is -2.33. The van der Waals surface area contributed by atoms with Gasteiger partial charge in [-0.15, -0.1) is 0 Å². The Balaban J connectivity index is 1.43. The first-order valence-corrected chi connectivity index (χ1v) is 10.8. The zero-order valence-electron chi connectivity index (χ0n) is 17.6. The number of hydrogen-bond donors (Lipinski definition) is 0. The Morgan fingerprint density at radius 2 is 1.81 bits per heavy atom. The first kappa shape index (κ1) is 22.2. The minimum atomic E-state index is -0.703. The van der Waals surface area contributed by atoms with Gasteiger partial charge in [-0.1, -0.05) is 41.4 Å². The molecule has 0 N–H and O–H groups in total. The summed E-state index contributed by atoms with van der Waals surface area (Å²) in [5.74, 6) is 0.421. The van der Waals surface area contributed by atoms with Crippen LogP contribution >= 0.6 is 23.2 Å². The van der Waals surface area contributed by atoms with Crippen LogP contribution in [0.2, 0.25) is 10.0 Å². The Morgan fingerprint density at radius 1 is 1.06 bits per heavy atom. The minimum Gasteiger partial charge on any atom is -0.486 e. The van der Waals surface area contributed by atoms with E-state index in [1.807, 2.05) is 42.7 Å². The van der Waals surface area contributed by atoms with Crippen molar-refractivity contribution in [2.45, 2.75) is 26.5 Å². The van der Waals surface area contributed by atoms with E-state index in [2.05, 4.69) is 0 Å². The molecule has 32 heavy (non-hydrogen) atoms. The third-order valence-electron chi connectivity index (χ3n) is 5.33. The van der Waals surface area contributed by atoms with Crippen LogP contribution < -0.4 is 9.47 Å². The average molecular weight is 474 g/mol. The molecule has 1 unspecified atom stereocenters. The molecular formula is C24H21Cl2NO5. The number of carbonyl (C=O) groups excluding carboxylic acids is 2. The lowest BCUT2D eigenvalue weighted by atomic mass is 10.1. The van der Waals surface area contributed by atoms with E-state index in [1.54, 1.807) is 18.2 Å². The van der Waals surface area contributed by atoms with Crippen LogP contribution in [-0.4, -0.2) is 35.6 Å². The van der Waals surface area contributed by atoms with Crippen molar-refractivity contribution < 1.29 is 23.8 Å². The maximum Gasteiger partial charge on any atom is 0.340 e. The van der Waals surface area contributed by atoms with Gasteiger partial charge in [-0.2, -0.15) is 0 Å². The van der Waals surface area contributed by atoms with Gasteiger partial charge in [0, 0.05) is 17.0 Å². The maximum absolute atomic E-state index is 12.8. The fourth-order valence-corrected chi connectivity index (χ4v) is 4.05. The van der Waals surface area contributed by atoms with Crippen molar-refractivity contribution in [2.24, 2.45) is 0 Å². The number of halogens is 2. The van der Waals surface area contributed by atoms with E-state index >= 15 is 0 Å². The number of Topliss-reactive ketones (excluding diaryl/α,β-unsaturated/α-hetero) is 1. The van der Waals surface area contributed by atoms with Crippen LogP contribution in [0.5, 0.6) is 11.5 Å². The molecule has 2 aromatic carbocycles. The van der Waals surface area contributed by atoms with Crippen molar-refractivity contribution in [1.82, 2.24) is 4.57 Å². The zero-order chi connectivity index (χ0) is 22.8. The number of para-hydroxylation sites is 2. The van der Waals surface area contributed by atoms with Gasteiger partial charge in [0.15, 0.2) is 24.2 Å². The van der Waals surface area contributed by atoms with Crippen molar-refractivity contribution in [3.05, 3.63) is 81.1 Å². The first-order chi connectivity index (χ1) is 15.3. The SMILES string of the molecule is Cc1cc(C(=O)COC(=O)c2cccc(Cl)c2Cl)c(C)n1CC1COc2ccccc2O1. The van der Waals surface area contributed by atoms with Crippen LogP contribution in [0, 0.1) is 13.8 Å². The predicted molar refractivity (Wildman–Crippen MR) is 121 cm³/mol. The average Bonchev–Trinajstić information content (AvgIpc) is 3.07. The van der Waals surface area contributed by atoms with Crippen molar-refractivity contribution in [1.29, 1.82) is 0 Å². The largest absolute Gasteiger partial charge is 0.486 e. The van der Waals surface area contributed by atoms with Gasteiger partial charge in [0.25, 0.3) is 0 Å². The van der Waals surface area contributed by atoms with Crippen molar-refractivity contribution in [3.63, 3.8) is 0 Å². The van der Waals surface area contributed by atoms with Gasteiger partial charge in [-0.25, -0.2) is 4.79 Å². The molecular weight excluding hydrogens is 453 g/mol. The van der Waals surface area contributed by atoms with E-state index < -0.39 is 12.6 Å². The van der Waals surface area contributed by atoms with Gasteiger partial charge in [0.05, 0.1) is 22.2 Å². The smallest absolute Gasteiger partial charge is 0.340 e. The molecule has 1 aliphatic heterocycles. The summed E-state index contributed by atoms with van der Waals surface area (Å²) in [5.41, 5.74) is 2.28. The fraction of sp³-hybridized carbons (Fsp3) is 0.250. The molecule has 0 aliphatic carbocycles. The molecule has 0 radical (unpaired) electrons. The molecule has 0 saturated heterocycles. The molecule has 3 aromatic rings. The Hall–Kier alpha value is -2.96. The van der Waals surface area contributed by atoms with Gasteiger partial charge in [-0.3, -0.25) is 4.79 Å². The highest BCUT2D eigenvalue weighted by Crippen LogP contribution is 2.32. The summed E-state index contributed by atoms with van der Waals surface area (Å²) in [4.78, 5) is 25.1. The Bertz CT molecular complexity index is 1190. The summed E-state index contributed by atoms with van der Waals surface area (Å²) in [6, 6.07) is 14.0. The molecule has 0 bridgehead atoms. The minimum absolute atomic E-state index is 0.0982. The normalized spacial score (nSPS) is 14.8. The lowest BCUT2D eigenvalue weighted by Gasteiger charge is -2.27. The van der Waals surface area contributed by atoms with E-state index in [-0.39, 0.29) is 27.5 Å². The third-order valence-corrected chi connectivity index (χ3v) is 6.15. The summed E-state index contributed by atoms with van der Waals surface area (Å²) in [7, 11) is 0. The zero-order valence-corrected chi connectivity index (χ0v) is 19.1. The summed E-state index contributed by atoms with van der Waals surface area (Å²) in [5, 5.41) is 0.341. The molecule has 0 spiro atoms. The van der Waals surface area contributed by atoms with E-state index in [9.17, 15) is 9.59 Å². The highest BCUT2D eigenvalue weighted by atomic mass is 35.5. The number of benzene rings is 2.